The number of phenolic OH excluding ortho intramolecular Hbond substituents is 1. The van der Waals surface area contributed by atoms with E-state index in [1.807, 2.05) is 62.4 Å². The van der Waals surface area contributed by atoms with E-state index in [9.17, 15) is 5.11 Å². The van der Waals surface area contributed by atoms with Gasteiger partial charge in [0.2, 0.25) is 0 Å². The number of hydrogen-bond donors (Lipinski definition) is 1. The van der Waals surface area contributed by atoms with Gasteiger partial charge in [-0.1, -0.05) is 36.4 Å². The molecule has 3 aromatic carbocycles. The van der Waals surface area contributed by atoms with Crippen molar-refractivity contribution in [3.05, 3.63) is 77.9 Å². The molecule has 0 radical (unpaired) electrons. The third-order valence-electron chi connectivity index (χ3n) is 3.57. The Morgan fingerprint density at radius 2 is 1.22 bits per heavy atom. The second kappa shape index (κ2) is 6.44. The van der Waals surface area contributed by atoms with Gasteiger partial charge in [0, 0.05) is 6.07 Å². The van der Waals surface area contributed by atoms with Crippen LogP contribution in [0.5, 0.6) is 28.7 Å². The second-order valence-electron chi connectivity index (χ2n) is 5.36. The Kier molecular flexibility index (Phi) is 4.20. The van der Waals surface area contributed by atoms with Gasteiger partial charge in [-0.05, 0) is 49.2 Å². The molecule has 0 unspecified atom stereocenters. The number of benzene rings is 3. The Morgan fingerprint density at radius 3 is 1.78 bits per heavy atom. The molecule has 0 saturated heterocycles. The first-order valence-electron chi connectivity index (χ1n) is 7.43. The molecule has 3 aromatic rings. The minimum atomic E-state index is 0.0411. The van der Waals surface area contributed by atoms with E-state index in [-0.39, 0.29) is 5.75 Å². The molecule has 116 valence electrons. The summed E-state index contributed by atoms with van der Waals surface area (Å²) in [5.41, 5.74) is 2.04. The summed E-state index contributed by atoms with van der Waals surface area (Å²) >= 11 is 0. The van der Waals surface area contributed by atoms with Gasteiger partial charge in [-0.15, -0.1) is 0 Å². The summed E-state index contributed by atoms with van der Waals surface area (Å²) in [6.07, 6.45) is 0. The minimum Gasteiger partial charge on any atom is -0.504 e. The van der Waals surface area contributed by atoms with Crippen molar-refractivity contribution >= 4 is 0 Å². The fourth-order valence-electron chi connectivity index (χ4n) is 2.23. The summed E-state index contributed by atoms with van der Waals surface area (Å²) in [7, 11) is 0. The molecule has 3 rings (SSSR count). The number of para-hydroxylation sites is 2. The zero-order chi connectivity index (χ0) is 16.2. The van der Waals surface area contributed by atoms with Crippen molar-refractivity contribution in [1.29, 1.82) is 0 Å². The largest absolute Gasteiger partial charge is 0.504 e. The molecule has 1 N–H and O–H groups in total. The minimum absolute atomic E-state index is 0.0411. The summed E-state index contributed by atoms with van der Waals surface area (Å²) in [6, 6.07) is 20.4. The van der Waals surface area contributed by atoms with Gasteiger partial charge in [0.25, 0.3) is 0 Å². The van der Waals surface area contributed by atoms with Crippen LogP contribution in [0.1, 0.15) is 11.1 Å². The maximum Gasteiger partial charge on any atom is 0.169 e. The van der Waals surface area contributed by atoms with Crippen LogP contribution in [-0.4, -0.2) is 5.11 Å². The number of rotatable bonds is 4. The summed E-state index contributed by atoms with van der Waals surface area (Å²) in [5.74, 6) is 2.49. The van der Waals surface area contributed by atoms with Gasteiger partial charge in [-0.25, -0.2) is 0 Å². The summed E-state index contributed by atoms with van der Waals surface area (Å²) in [5, 5.41) is 10.2. The molecule has 0 aliphatic rings. The number of ether oxygens (including phenoxy) is 2. The normalized spacial score (nSPS) is 10.3. The Bertz CT molecular complexity index is 825. The molecule has 0 saturated carbocycles. The lowest BCUT2D eigenvalue weighted by atomic mass is 10.2. The zero-order valence-electron chi connectivity index (χ0n) is 13.1. The van der Waals surface area contributed by atoms with Crippen LogP contribution in [0, 0.1) is 13.8 Å². The number of aromatic hydroxyl groups is 1. The molecular formula is C20H18O3. The lowest BCUT2D eigenvalue weighted by Gasteiger charge is -2.12. The van der Waals surface area contributed by atoms with E-state index in [1.54, 1.807) is 18.2 Å². The summed E-state index contributed by atoms with van der Waals surface area (Å²) in [4.78, 5) is 0. The van der Waals surface area contributed by atoms with Crippen molar-refractivity contribution < 1.29 is 14.6 Å². The van der Waals surface area contributed by atoms with Crippen molar-refractivity contribution in [3.63, 3.8) is 0 Å². The highest BCUT2D eigenvalue weighted by atomic mass is 16.5. The van der Waals surface area contributed by atoms with Gasteiger partial charge in [-0.3, -0.25) is 0 Å². The smallest absolute Gasteiger partial charge is 0.169 e. The molecule has 3 nitrogen and oxygen atoms in total. The maximum absolute atomic E-state index is 10.2. The Hall–Kier alpha value is -2.94. The fourth-order valence-corrected chi connectivity index (χ4v) is 2.23. The highest BCUT2D eigenvalue weighted by Gasteiger charge is 2.08. The monoisotopic (exact) mass is 306 g/mol. The first-order chi connectivity index (χ1) is 11.1. The molecule has 23 heavy (non-hydrogen) atoms. The molecule has 0 atom stereocenters. The molecule has 0 fully saturated rings. The van der Waals surface area contributed by atoms with Gasteiger partial charge < -0.3 is 14.6 Å². The van der Waals surface area contributed by atoms with E-state index in [0.29, 0.717) is 11.5 Å². The van der Waals surface area contributed by atoms with Crippen LogP contribution in [0.25, 0.3) is 0 Å². The zero-order valence-corrected chi connectivity index (χ0v) is 13.1. The molecule has 0 amide bonds. The van der Waals surface area contributed by atoms with Crippen LogP contribution in [0.4, 0.5) is 0 Å². The predicted molar refractivity (Wildman–Crippen MR) is 90.6 cm³/mol. The van der Waals surface area contributed by atoms with Crippen molar-refractivity contribution in [2.45, 2.75) is 13.8 Å². The average Bonchev–Trinajstić information content (AvgIpc) is 2.54. The molecule has 0 bridgehead atoms. The van der Waals surface area contributed by atoms with Gasteiger partial charge in [0.05, 0.1) is 0 Å². The van der Waals surface area contributed by atoms with Crippen LogP contribution in [0.3, 0.4) is 0 Å². The standard InChI is InChI=1S/C20H18O3/c1-14-7-3-5-9-18(14)22-16-11-12-20(17(21)13-16)23-19-10-6-4-8-15(19)2/h3-13,21H,1-2H3. The Labute approximate surface area is 135 Å². The van der Waals surface area contributed by atoms with Crippen molar-refractivity contribution in [3.8, 4) is 28.7 Å². The molecule has 0 aliphatic carbocycles. The third-order valence-corrected chi connectivity index (χ3v) is 3.57. The topological polar surface area (TPSA) is 38.7 Å². The lowest BCUT2D eigenvalue weighted by molar-refractivity contribution is 0.403. The summed E-state index contributed by atoms with van der Waals surface area (Å²) in [6.45, 7) is 3.94. The molecule has 0 aliphatic heterocycles. The SMILES string of the molecule is Cc1ccccc1Oc1ccc(Oc2ccccc2C)c(O)c1. The number of phenols is 1. The lowest BCUT2D eigenvalue weighted by Crippen LogP contribution is -1.90. The number of aryl methyl sites for hydroxylation is 2. The van der Waals surface area contributed by atoms with E-state index in [4.69, 9.17) is 9.47 Å². The van der Waals surface area contributed by atoms with Crippen LogP contribution < -0.4 is 9.47 Å². The first-order valence-corrected chi connectivity index (χ1v) is 7.43. The first kappa shape index (κ1) is 15.0. The van der Waals surface area contributed by atoms with Gasteiger partial charge in [0.15, 0.2) is 11.5 Å². The van der Waals surface area contributed by atoms with Crippen molar-refractivity contribution in [2.75, 3.05) is 0 Å². The van der Waals surface area contributed by atoms with E-state index in [2.05, 4.69) is 0 Å². The average molecular weight is 306 g/mol. The van der Waals surface area contributed by atoms with Crippen LogP contribution in [0.15, 0.2) is 66.7 Å². The molecule has 0 aromatic heterocycles. The molecular weight excluding hydrogens is 288 g/mol. The van der Waals surface area contributed by atoms with Gasteiger partial charge >= 0.3 is 0 Å². The van der Waals surface area contributed by atoms with Crippen molar-refractivity contribution in [2.24, 2.45) is 0 Å². The van der Waals surface area contributed by atoms with Gasteiger partial charge in [-0.2, -0.15) is 0 Å². The van der Waals surface area contributed by atoms with E-state index >= 15 is 0 Å². The van der Waals surface area contributed by atoms with Gasteiger partial charge in [0.1, 0.15) is 17.2 Å². The third kappa shape index (κ3) is 3.46. The Morgan fingerprint density at radius 1 is 0.652 bits per heavy atom. The van der Waals surface area contributed by atoms with Crippen LogP contribution >= 0.6 is 0 Å². The highest BCUT2D eigenvalue weighted by Crippen LogP contribution is 2.36. The fraction of sp³-hybridized carbons (Fsp3) is 0.100. The van der Waals surface area contributed by atoms with Crippen LogP contribution in [0.2, 0.25) is 0 Å². The second-order valence-corrected chi connectivity index (χ2v) is 5.36. The van der Waals surface area contributed by atoms with Crippen LogP contribution in [-0.2, 0) is 0 Å². The van der Waals surface area contributed by atoms with E-state index in [1.165, 1.54) is 0 Å². The number of hydrogen-bond acceptors (Lipinski definition) is 3. The predicted octanol–water partition coefficient (Wildman–Crippen LogP) is 5.59. The Balaban J connectivity index is 1.81. The van der Waals surface area contributed by atoms with Crippen molar-refractivity contribution in [1.82, 2.24) is 0 Å². The quantitative estimate of drug-likeness (QED) is 0.682. The molecule has 3 heteroatoms. The summed E-state index contributed by atoms with van der Waals surface area (Å²) < 4.78 is 11.6. The molecule has 0 spiro atoms. The maximum atomic E-state index is 10.2. The van der Waals surface area contributed by atoms with E-state index < -0.39 is 0 Å². The highest BCUT2D eigenvalue weighted by molar-refractivity contribution is 5.49. The molecule has 0 heterocycles. The van der Waals surface area contributed by atoms with E-state index in [0.717, 1.165) is 22.6 Å².